The Bertz CT molecular complexity index is 1440. The maximum atomic E-state index is 15.0. The van der Waals surface area contributed by atoms with Crippen molar-refractivity contribution in [2.24, 2.45) is 0 Å². The molecular weight excluding hydrogens is 463 g/mol. The summed E-state index contributed by atoms with van der Waals surface area (Å²) in [7, 11) is 0. The van der Waals surface area contributed by atoms with Gasteiger partial charge >= 0.3 is 5.97 Å². The summed E-state index contributed by atoms with van der Waals surface area (Å²) in [4.78, 5) is 17.9. The number of anilines is 1. The number of carboxylic acids is 1. The largest absolute Gasteiger partial charge is 0.478 e. The Balaban J connectivity index is 1.69. The van der Waals surface area contributed by atoms with Gasteiger partial charge in [0.1, 0.15) is 5.82 Å². The van der Waals surface area contributed by atoms with Crippen LogP contribution in [0.1, 0.15) is 45.1 Å². The zero-order valence-corrected chi connectivity index (χ0v) is 20.0. The second-order valence-electron chi connectivity index (χ2n) is 8.47. The topological polar surface area (TPSA) is 70.4 Å². The zero-order valence-electron chi connectivity index (χ0n) is 19.1. The van der Waals surface area contributed by atoms with Gasteiger partial charge in [-0.25, -0.2) is 9.18 Å². The fourth-order valence-electron chi connectivity index (χ4n) is 4.84. The maximum absolute atomic E-state index is 15.0. The molecule has 0 spiro atoms. The van der Waals surface area contributed by atoms with Crippen LogP contribution in [-0.4, -0.2) is 25.7 Å². The zero-order chi connectivity index (χ0) is 24.7. The van der Waals surface area contributed by atoms with Gasteiger partial charge in [0.05, 0.1) is 29.0 Å². The fraction of sp³-hybridized carbons (Fsp3) is 0.148. The molecule has 0 saturated carbocycles. The van der Waals surface area contributed by atoms with Crippen LogP contribution in [-0.2, 0) is 0 Å². The predicted octanol–water partition coefficient (Wildman–Crippen LogP) is 5.50. The highest BCUT2D eigenvalue weighted by molar-refractivity contribution is 7.80. The van der Waals surface area contributed by atoms with E-state index in [9.17, 15) is 14.3 Å². The summed E-state index contributed by atoms with van der Waals surface area (Å²) in [6.07, 6.45) is 1.73. The van der Waals surface area contributed by atoms with Gasteiger partial charge < -0.3 is 19.9 Å². The SMILES string of the molecule is Cc1cc([C@@H]2[C@@H](c3ccccn3)NC(=S)N2c2ccccc2F)c(C)n1-c1cccc(C(=O)O)c1. The van der Waals surface area contributed by atoms with Crippen LogP contribution in [0.5, 0.6) is 0 Å². The minimum Gasteiger partial charge on any atom is -0.478 e. The van der Waals surface area contributed by atoms with Crippen LogP contribution in [0.25, 0.3) is 5.69 Å². The molecule has 2 aromatic carbocycles. The first-order chi connectivity index (χ1) is 16.9. The van der Waals surface area contributed by atoms with Crippen molar-refractivity contribution in [1.29, 1.82) is 0 Å². The van der Waals surface area contributed by atoms with Crippen LogP contribution in [0.3, 0.4) is 0 Å². The molecule has 4 aromatic rings. The van der Waals surface area contributed by atoms with Crippen LogP contribution in [0.4, 0.5) is 10.1 Å². The third-order valence-electron chi connectivity index (χ3n) is 6.35. The van der Waals surface area contributed by atoms with Crippen molar-refractivity contribution in [2.45, 2.75) is 25.9 Å². The molecule has 1 fully saturated rings. The van der Waals surface area contributed by atoms with E-state index in [1.54, 1.807) is 42.6 Å². The summed E-state index contributed by atoms with van der Waals surface area (Å²) in [5.41, 5.74) is 4.89. The van der Waals surface area contributed by atoms with Crippen molar-refractivity contribution in [3.63, 3.8) is 0 Å². The Kier molecular flexibility index (Phi) is 5.82. The number of aryl methyl sites for hydroxylation is 1. The molecule has 0 unspecified atom stereocenters. The molecule has 35 heavy (non-hydrogen) atoms. The van der Waals surface area contributed by atoms with Crippen molar-refractivity contribution in [3.05, 3.63) is 113 Å². The number of hydrogen-bond donors (Lipinski definition) is 2. The Labute approximate surface area is 207 Å². The van der Waals surface area contributed by atoms with Crippen LogP contribution < -0.4 is 10.2 Å². The smallest absolute Gasteiger partial charge is 0.335 e. The van der Waals surface area contributed by atoms with Gasteiger partial charge in [0.15, 0.2) is 5.11 Å². The Morgan fingerprint density at radius 2 is 1.83 bits per heavy atom. The molecule has 2 aromatic heterocycles. The first-order valence-electron chi connectivity index (χ1n) is 11.1. The van der Waals surface area contributed by atoms with Gasteiger partial charge in [0, 0.05) is 23.3 Å². The van der Waals surface area contributed by atoms with E-state index in [-0.39, 0.29) is 23.5 Å². The molecule has 0 amide bonds. The Hall–Kier alpha value is -4.04. The van der Waals surface area contributed by atoms with E-state index < -0.39 is 5.97 Å². The minimum absolute atomic E-state index is 0.208. The van der Waals surface area contributed by atoms with Crippen molar-refractivity contribution in [2.75, 3.05) is 4.90 Å². The molecule has 3 heterocycles. The molecule has 0 bridgehead atoms. The molecule has 5 rings (SSSR count). The monoisotopic (exact) mass is 486 g/mol. The molecule has 2 N–H and O–H groups in total. The first-order valence-corrected chi connectivity index (χ1v) is 11.6. The van der Waals surface area contributed by atoms with Gasteiger partial charge in [-0.15, -0.1) is 0 Å². The summed E-state index contributed by atoms with van der Waals surface area (Å²) in [5, 5.41) is 13.2. The highest BCUT2D eigenvalue weighted by Gasteiger charge is 2.43. The summed E-state index contributed by atoms with van der Waals surface area (Å²) in [5.74, 6) is -1.35. The normalized spacial score (nSPS) is 17.5. The predicted molar refractivity (Wildman–Crippen MR) is 137 cm³/mol. The average Bonchev–Trinajstić information content (AvgIpc) is 3.35. The molecule has 1 saturated heterocycles. The van der Waals surface area contributed by atoms with Gasteiger partial charge in [0.2, 0.25) is 0 Å². The molecule has 0 radical (unpaired) electrons. The molecule has 8 heteroatoms. The first kappa shape index (κ1) is 22.7. The van der Waals surface area contributed by atoms with Crippen LogP contribution >= 0.6 is 12.2 Å². The second-order valence-corrected chi connectivity index (χ2v) is 8.85. The number of carbonyl (C=O) groups is 1. The average molecular weight is 487 g/mol. The number of para-hydroxylation sites is 1. The van der Waals surface area contributed by atoms with E-state index in [0.717, 1.165) is 28.3 Å². The summed E-state index contributed by atoms with van der Waals surface area (Å²) in [6, 6.07) is 20.4. The third-order valence-corrected chi connectivity index (χ3v) is 6.66. The van der Waals surface area contributed by atoms with Crippen LogP contribution in [0.2, 0.25) is 0 Å². The van der Waals surface area contributed by atoms with Gasteiger partial charge in [-0.1, -0.05) is 24.3 Å². The van der Waals surface area contributed by atoms with E-state index in [2.05, 4.69) is 10.3 Å². The van der Waals surface area contributed by atoms with Crippen LogP contribution in [0.15, 0.2) is 79.0 Å². The Morgan fingerprint density at radius 1 is 1.06 bits per heavy atom. The number of aromatic carboxylic acids is 1. The maximum Gasteiger partial charge on any atom is 0.335 e. The summed E-state index contributed by atoms with van der Waals surface area (Å²) < 4.78 is 17.0. The molecule has 1 aliphatic rings. The number of carboxylic acid groups (broad SMARTS) is 1. The van der Waals surface area contributed by atoms with E-state index in [1.165, 1.54) is 6.07 Å². The van der Waals surface area contributed by atoms with E-state index >= 15 is 0 Å². The molecule has 6 nitrogen and oxygen atoms in total. The number of pyridine rings is 1. The number of nitrogens with zero attached hydrogens (tertiary/aromatic N) is 3. The lowest BCUT2D eigenvalue weighted by atomic mass is 9.96. The molecule has 176 valence electrons. The van der Waals surface area contributed by atoms with Crippen LogP contribution in [0, 0.1) is 19.7 Å². The van der Waals surface area contributed by atoms with Crippen molar-refractivity contribution < 1.29 is 14.3 Å². The molecular formula is C27H23FN4O2S. The lowest BCUT2D eigenvalue weighted by Gasteiger charge is -2.28. The number of nitrogens with one attached hydrogen (secondary N) is 1. The lowest BCUT2D eigenvalue weighted by molar-refractivity contribution is 0.0697. The number of thiocarbonyl (C=S) groups is 1. The van der Waals surface area contributed by atoms with E-state index in [4.69, 9.17) is 12.2 Å². The molecule has 1 aliphatic heterocycles. The number of halogens is 1. The summed E-state index contributed by atoms with van der Waals surface area (Å²) >= 11 is 5.71. The quantitative estimate of drug-likeness (QED) is 0.363. The standard InChI is InChI=1S/C27H23FN4O2S/c1-16-14-20(17(2)31(16)19-9-7-8-18(15-19)26(33)34)25-24(22-11-5-6-13-29-22)30-27(35)32(25)23-12-4-3-10-21(23)28/h3-15,24-25H,1-2H3,(H,30,35)(H,33,34)/t24-,25-/m1/s1. The van der Waals surface area contributed by atoms with Gasteiger partial charge in [-0.05, 0) is 80.2 Å². The Morgan fingerprint density at radius 3 is 2.54 bits per heavy atom. The number of rotatable bonds is 5. The number of hydrogen-bond acceptors (Lipinski definition) is 3. The highest BCUT2D eigenvalue weighted by Crippen LogP contribution is 2.44. The lowest BCUT2D eigenvalue weighted by Crippen LogP contribution is -2.30. The van der Waals surface area contributed by atoms with E-state index in [1.807, 2.05) is 53.6 Å². The number of benzene rings is 2. The van der Waals surface area contributed by atoms with E-state index in [0.29, 0.717) is 10.8 Å². The van der Waals surface area contributed by atoms with Crippen molar-refractivity contribution in [1.82, 2.24) is 14.9 Å². The highest BCUT2D eigenvalue weighted by atomic mass is 32.1. The fourth-order valence-corrected chi connectivity index (χ4v) is 5.18. The van der Waals surface area contributed by atoms with Crippen molar-refractivity contribution in [3.8, 4) is 5.69 Å². The van der Waals surface area contributed by atoms with Gasteiger partial charge in [0.25, 0.3) is 0 Å². The van der Waals surface area contributed by atoms with Crippen molar-refractivity contribution >= 4 is 29.0 Å². The second kappa shape index (κ2) is 8.96. The number of aromatic nitrogens is 2. The van der Waals surface area contributed by atoms with Gasteiger partial charge in [-0.2, -0.15) is 0 Å². The molecule has 2 atom stereocenters. The minimum atomic E-state index is -0.985. The molecule has 0 aliphatic carbocycles. The summed E-state index contributed by atoms with van der Waals surface area (Å²) in [6.45, 7) is 3.94. The van der Waals surface area contributed by atoms with Gasteiger partial charge in [-0.3, -0.25) is 4.98 Å². The third kappa shape index (κ3) is 3.95.